The van der Waals surface area contributed by atoms with Crippen molar-refractivity contribution < 1.29 is 14.3 Å². The molecule has 0 aliphatic rings. The highest BCUT2D eigenvalue weighted by molar-refractivity contribution is 9.10. The summed E-state index contributed by atoms with van der Waals surface area (Å²) in [6, 6.07) is 9.70. The van der Waals surface area contributed by atoms with E-state index in [0.717, 1.165) is 10.0 Å². The highest BCUT2D eigenvalue weighted by Crippen LogP contribution is 2.20. The SMILES string of the molecule is COC(=O)CC(NC(=O)c1ccc(C)[nH]c1=O)c1ccc(Br)cc1. The first kappa shape index (κ1) is 17.9. The number of rotatable bonds is 5. The number of carbonyl (C=O) groups excluding carboxylic acids is 2. The third-order valence-electron chi connectivity index (χ3n) is 3.48. The van der Waals surface area contributed by atoms with Crippen LogP contribution in [0.15, 0.2) is 45.7 Å². The number of benzene rings is 1. The minimum Gasteiger partial charge on any atom is -0.469 e. The van der Waals surface area contributed by atoms with Crippen LogP contribution in [0.5, 0.6) is 0 Å². The zero-order valence-corrected chi connectivity index (χ0v) is 14.8. The minimum absolute atomic E-state index is 0.00687. The van der Waals surface area contributed by atoms with Crippen molar-refractivity contribution in [2.75, 3.05) is 7.11 Å². The number of H-pyrrole nitrogens is 1. The van der Waals surface area contributed by atoms with E-state index < -0.39 is 23.5 Å². The summed E-state index contributed by atoms with van der Waals surface area (Å²) in [5.74, 6) is -1.01. The second kappa shape index (κ2) is 7.92. The third kappa shape index (κ3) is 4.55. The van der Waals surface area contributed by atoms with Crippen molar-refractivity contribution in [3.63, 3.8) is 0 Å². The van der Waals surface area contributed by atoms with Gasteiger partial charge in [-0.1, -0.05) is 28.1 Å². The van der Waals surface area contributed by atoms with Gasteiger partial charge in [0.05, 0.1) is 19.6 Å². The van der Waals surface area contributed by atoms with Gasteiger partial charge in [0, 0.05) is 10.2 Å². The second-order valence-corrected chi connectivity index (χ2v) is 6.16. The maximum atomic E-state index is 12.4. The molecule has 0 saturated carbocycles. The molecule has 2 N–H and O–H groups in total. The molecule has 2 rings (SSSR count). The van der Waals surface area contributed by atoms with E-state index in [4.69, 9.17) is 0 Å². The Morgan fingerprint density at radius 2 is 1.88 bits per heavy atom. The lowest BCUT2D eigenvalue weighted by atomic mass is 10.0. The van der Waals surface area contributed by atoms with E-state index in [1.165, 1.54) is 13.2 Å². The van der Waals surface area contributed by atoms with Crippen molar-refractivity contribution >= 4 is 27.8 Å². The Bertz CT molecular complexity index is 799. The summed E-state index contributed by atoms with van der Waals surface area (Å²) in [6.07, 6.45) is -0.0341. The maximum Gasteiger partial charge on any atom is 0.307 e. The lowest BCUT2D eigenvalue weighted by Crippen LogP contribution is -2.34. The smallest absolute Gasteiger partial charge is 0.307 e. The van der Waals surface area contributed by atoms with Gasteiger partial charge in [-0.2, -0.15) is 0 Å². The number of nitrogens with one attached hydrogen (secondary N) is 2. The highest BCUT2D eigenvalue weighted by Gasteiger charge is 2.21. The average Bonchev–Trinajstić information content (AvgIpc) is 2.54. The van der Waals surface area contributed by atoms with Crippen LogP contribution >= 0.6 is 15.9 Å². The molecule has 24 heavy (non-hydrogen) atoms. The molecule has 1 atom stereocenters. The number of esters is 1. The van der Waals surface area contributed by atoms with Gasteiger partial charge < -0.3 is 15.0 Å². The monoisotopic (exact) mass is 392 g/mol. The molecule has 6 nitrogen and oxygen atoms in total. The molecule has 126 valence electrons. The first-order chi connectivity index (χ1) is 11.4. The summed E-state index contributed by atoms with van der Waals surface area (Å²) < 4.78 is 5.56. The number of amides is 1. The summed E-state index contributed by atoms with van der Waals surface area (Å²) in [6.45, 7) is 1.73. The zero-order chi connectivity index (χ0) is 17.7. The van der Waals surface area contributed by atoms with E-state index >= 15 is 0 Å². The lowest BCUT2D eigenvalue weighted by molar-refractivity contribution is -0.141. The average molecular weight is 393 g/mol. The summed E-state index contributed by atoms with van der Waals surface area (Å²) in [5, 5.41) is 2.72. The van der Waals surface area contributed by atoms with Crippen LogP contribution in [0, 0.1) is 6.92 Å². The fourth-order valence-corrected chi connectivity index (χ4v) is 2.45. The fourth-order valence-electron chi connectivity index (χ4n) is 2.18. The van der Waals surface area contributed by atoms with Crippen molar-refractivity contribution in [2.45, 2.75) is 19.4 Å². The van der Waals surface area contributed by atoms with Gasteiger partial charge in [0.25, 0.3) is 11.5 Å². The normalized spacial score (nSPS) is 11.6. The summed E-state index contributed by atoms with van der Waals surface area (Å²) >= 11 is 3.34. The lowest BCUT2D eigenvalue weighted by Gasteiger charge is -2.18. The maximum absolute atomic E-state index is 12.4. The molecule has 1 aromatic heterocycles. The predicted molar refractivity (Wildman–Crippen MR) is 92.8 cm³/mol. The van der Waals surface area contributed by atoms with Gasteiger partial charge >= 0.3 is 5.97 Å². The number of hydrogen-bond acceptors (Lipinski definition) is 4. The molecule has 0 spiro atoms. The number of methoxy groups -OCH3 is 1. The number of aryl methyl sites for hydroxylation is 1. The van der Waals surface area contributed by atoms with Crippen molar-refractivity contribution in [3.8, 4) is 0 Å². The van der Waals surface area contributed by atoms with Crippen LogP contribution in [0.2, 0.25) is 0 Å². The molecular formula is C17H17BrN2O4. The van der Waals surface area contributed by atoms with Crippen LogP contribution < -0.4 is 10.9 Å². The van der Waals surface area contributed by atoms with E-state index in [9.17, 15) is 14.4 Å². The van der Waals surface area contributed by atoms with E-state index in [1.54, 1.807) is 25.1 Å². The number of halogens is 1. The first-order valence-corrected chi connectivity index (χ1v) is 8.03. The molecule has 0 fully saturated rings. The Balaban J connectivity index is 2.27. The van der Waals surface area contributed by atoms with Crippen LogP contribution in [0.1, 0.15) is 34.1 Å². The molecular weight excluding hydrogens is 376 g/mol. The van der Waals surface area contributed by atoms with Gasteiger partial charge in [-0.25, -0.2) is 0 Å². The van der Waals surface area contributed by atoms with Crippen molar-refractivity contribution in [1.29, 1.82) is 0 Å². The van der Waals surface area contributed by atoms with Crippen molar-refractivity contribution in [2.24, 2.45) is 0 Å². The summed E-state index contributed by atoms with van der Waals surface area (Å²) in [4.78, 5) is 38.5. The second-order valence-electron chi connectivity index (χ2n) is 5.24. The van der Waals surface area contributed by atoms with E-state index in [2.05, 4.69) is 31.0 Å². The van der Waals surface area contributed by atoms with Crippen LogP contribution in [0.3, 0.4) is 0 Å². The molecule has 1 aromatic carbocycles. The van der Waals surface area contributed by atoms with E-state index in [-0.39, 0.29) is 12.0 Å². The molecule has 1 amide bonds. The molecule has 1 heterocycles. The molecule has 0 aliphatic carbocycles. The Morgan fingerprint density at radius 1 is 1.21 bits per heavy atom. The number of aromatic nitrogens is 1. The number of hydrogen-bond donors (Lipinski definition) is 2. The van der Waals surface area contributed by atoms with Gasteiger partial charge in [-0.3, -0.25) is 14.4 Å². The standard InChI is InChI=1S/C17H17BrN2O4/c1-10-3-8-13(16(22)19-10)17(23)20-14(9-15(21)24-2)11-4-6-12(18)7-5-11/h3-8,14H,9H2,1-2H3,(H,19,22)(H,20,23). The van der Waals surface area contributed by atoms with Gasteiger partial charge in [0.1, 0.15) is 5.56 Å². The predicted octanol–water partition coefficient (Wildman–Crippen LogP) is 2.48. The third-order valence-corrected chi connectivity index (χ3v) is 4.00. The molecule has 0 aliphatic heterocycles. The molecule has 7 heteroatoms. The van der Waals surface area contributed by atoms with Gasteiger partial charge in [-0.05, 0) is 36.8 Å². The van der Waals surface area contributed by atoms with Gasteiger partial charge in [0.15, 0.2) is 0 Å². The van der Waals surface area contributed by atoms with Gasteiger partial charge in [0.2, 0.25) is 0 Å². The summed E-state index contributed by atoms with van der Waals surface area (Å²) in [5.41, 5.74) is 0.920. The minimum atomic E-state index is -0.598. The van der Waals surface area contributed by atoms with Crippen molar-refractivity contribution in [3.05, 3.63) is 68.0 Å². The number of aromatic amines is 1. The Hall–Kier alpha value is -2.41. The van der Waals surface area contributed by atoms with Crippen LogP contribution in [-0.2, 0) is 9.53 Å². The quantitative estimate of drug-likeness (QED) is 0.764. The Kier molecular flexibility index (Phi) is 5.92. The highest BCUT2D eigenvalue weighted by atomic mass is 79.9. The van der Waals surface area contributed by atoms with Crippen LogP contribution in [-0.4, -0.2) is 24.0 Å². The molecule has 2 aromatic rings. The fraction of sp³-hybridized carbons (Fsp3) is 0.235. The topological polar surface area (TPSA) is 88.3 Å². The zero-order valence-electron chi connectivity index (χ0n) is 13.3. The molecule has 0 radical (unpaired) electrons. The molecule has 1 unspecified atom stereocenters. The van der Waals surface area contributed by atoms with E-state index in [0.29, 0.717) is 5.69 Å². The van der Waals surface area contributed by atoms with Crippen LogP contribution in [0.25, 0.3) is 0 Å². The molecule has 0 bridgehead atoms. The number of ether oxygens (including phenoxy) is 1. The molecule has 0 saturated heterocycles. The van der Waals surface area contributed by atoms with Crippen molar-refractivity contribution in [1.82, 2.24) is 10.3 Å². The number of pyridine rings is 1. The Morgan fingerprint density at radius 3 is 2.46 bits per heavy atom. The van der Waals surface area contributed by atoms with Crippen LogP contribution in [0.4, 0.5) is 0 Å². The van der Waals surface area contributed by atoms with Gasteiger partial charge in [-0.15, -0.1) is 0 Å². The first-order valence-electron chi connectivity index (χ1n) is 7.23. The summed E-state index contributed by atoms with van der Waals surface area (Å²) in [7, 11) is 1.29. The number of carbonyl (C=O) groups is 2. The largest absolute Gasteiger partial charge is 0.469 e. The Labute approximate surface area is 147 Å². The van der Waals surface area contributed by atoms with E-state index in [1.807, 2.05) is 12.1 Å².